The minimum absolute atomic E-state index is 0. The summed E-state index contributed by atoms with van der Waals surface area (Å²) in [7, 11) is 7.95. The second-order valence-corrected chi connectivity index (χ2v) is 22.9. The highest BCUT2D eigenvalue weighted by Gasteiger charge is 2.38. The van der Waals surface area contributed by atoms with Crippen LogP contribution in [0.2, 0.25) is 18.1 Å². The summed E-state index contributed by atoms with van der Waals surface area (Å²) < 4.78 is 13.3. The van der Waals surface area contributed by atoms with Crippen LogP contribution >= 0.6 is 0 Å². The summed E-state index contributed by atoms with van der Waals surface area (Å²) in [5.74, 6) is 0.0194. The first-order valence-electron chi connectivity index (χ1n) is 22.9. The molecule has 5 aromatic rings. The number of allylic oxidation sites excluding steroid dienone is 4. The lowest BCUT2D eigenvalue weighted by atomic mass is 9.40. The van der Waals surface area contributed by atoms with Crippen LogP contribution < -0.4 is 32.7 Å². The summed E-state index contributed by atoms with van der Waals surface area (Å²) in [5, 5.41) is 28.1. The van der Waals surface area contributed by atoms with E-state index in [1.54, 1.807) is 11.5 Å². The van der Waals surface area contributed by atoms with Crippen molar-refractivity contribution in [3.8, 4) is 0 Å². The number of amides is 1. The van der Waals surface area contributed by atoms with Crippen LogP contribution in [0, 0.1) is 10.1 Å². The third kappa shape index (κ3) is 15.3. The lowest BCUT2D eigenvalue weighted by molar-refractivity contribution is -0.383. The van der Waals surface area contributed by atoms with Gasteiger partial charge in [-0.3, -0.25) is 19.6 Å². The van der Waals surface area contributed by atoms with Gasteiger partial charge in [0.15, 0.2) is 19.8 Å². The van der Waals surface area contributed by atoms with Gasteiger partial charge in [-0.05, 0) is 85.8 Å². The molecule has 0 saturated heterocycles. The zero-order chi connectivity index (χ0) is 50.3. The van der Waals surface area contributed by atoms with Crippen LogP contribution in [0.4, 0.5) is 39.8 Å². The average Bonchev–Trinajstić information content (AvgIpc) is 3.60. The average molecular weight is 972 g/mol. The Labute approximate surface area is 414 Å². The molecule has 0 saturated carbocycles. The highest BCUT2D eigenvalue weighted by Crippen LogP contribution is 2.37. The van der Waals surface area contributed by atoms with Crippen LogP contribution in [-0.2, 0) is 35.1 Å². The Morgan fingerprint density at radius 3 is 2.01 bits per heavy atom. The first kappa shape index (κ1) is 56.1. The number of nitrogens with one attached hydrogen (secondary N) is 3. The van der Waals surface area contributed by atoms with Crippen LogP contribution in [0.15, 0.2) is 77.6 Å². The van der Waals surface area contributed by atoms with Crippen LogP contribution in [-0.4, -0.2) is 108 Å². The normalized spacial score (nSPS) is 17.0. The zero-order valence-corrected chi connectivity index (χ0v) is 41.3. The molecule has 19 nitrogen and oxygen atoms in total. The van der Waals surface area contributed by atoms with Crippen molar-refractivity contribution in [2.75, 3.05) is 46.8 Å². The monoisotopic (exact) mass is 972 g/mol. The molecule has 2 aliphatic rings. The molecular weight excluding hydrogens is 905 g/mol. The number of nitrogens with two attached hydrogens (primary N) is 2. The van der Waals surface area contributed by atoms with Gasteiger partial charge in [-0.15, -0.1) is 0 Å². The zero-order valence-electron chi connectivity index (χ0n) is 40.3. The van der Waals surface area contributed by atoms with Crippen molar-refractivity contribution in [2.24, 2.45) is 0 Å². The van der Waals surface area contributed by atoms with E-state index >= 15 is 0 Å². The first-order chi connectivity index (χ1) is 32.9. The number of nitro groups is 1. The number of fused-ring (bicyclic) bond motifs is 7. The van der Waals surface area contributed by atoms with Crippen LogP contribution in [0.25, 0.3) is 11.2 Å². The van der Waals surface area contributed by atoms with Crippen molar-refractivity contribution < 1.29 is 24.0 Å². The number of aromatic nitrogens is 6. The highest BCUT2D eigenvalue weighted by molar-refractivity contribution is 7.17. The number of hydrogen-bond donors (Lipinski definition) is 6. The van der Waals surface area contributed by atoms with Gasteiger partial charge < -0.3 is 41.4 Å². The van der Waals surface area contributed by atoms with Gasteiger partial charge in [0.1, 0.15) is 5.52 Å². The summed E-state index contributed by atoms with van der Waals surface area (Å²) >= 11 is 0. The molecule has 1 amide bonds. The smallest absolute Gasteiger partial charge is 0.415 e. The number of aliphatic hydroxyl groups excluding tert-OH is 1. The second-order valence-electron chi connectivity index (χ2n) is 18.1. The number of carbonyl (C=O) groups excluding carboxylic acids is 1. The predicted molar refractivity (Wildman–Crippen MR) is 284 cm³/mol. The van der Waals surface area contributed by atoms with Gasteiger partial charge in [-0.25, -0.2) is 9.59 Å². The van der Waals surface area contributed by atoms with E-state index in [9.17, 15) is 24.8 Å². The van der Waals surface area contributed by atoms with Crippen molar-refractivity contribution in [1.29, 1.82) is 0 Å². The van der Waals surface area contributed by atoms with E-state index in [1.807, 2.05) is 36.4 Å². The molecular formula is C47H66B3N12O7Si. The highest BCUT2D eigenvalue weighted by atomic mass is 28.4. The number of rotatable bonds is 6. The second kappa shape index (κ2) is 26.0. The van der Waals surface area contributed by atoms with Crippen LogP contribution in [0.1, 0.15) is 83.1 Å². The number of aliphatic hydroxyl groups is 1. The van der Waals surface area contributed by atoms with Crippen molar-refractivity contribution in [3.05, 3.63) is 116 Å². The van der Waals surface area contributed by atoms with E-state index in [1.165, 1.54) is 5.56 Å². The molecule has 0 spiro atoms. The SMILES string of the molecule is C.CCOC(=O)N1Cc2cccc(c2)C/C=C/CCC(CO[Si](C)(C)C(C)(C)C)Nc2nc(N)c([N+](=O)[O-])c1n2.Nc1nc2nc3c1[nH]c(=O)n3Cc1cccc(c1)C/C=C/CCC(CO)N2.[B][B][B]. The maximum atomic E-state index is 13.1. The summed E-state index contributed by atoms with van der Waals surface area (Å²) in [4.78, 5) is 58.2. The van der Waals surface area contributed by atoms with Crippen molar-refractivity contribution in [1.82, 2.24) is 29.5 Å². The summed E-state index contributed by atoms with van der Waals surface area (Å²) in [6.45, 7) is 13.4. The van der Waals surface area contributed by atoms with E-state index in [2.05, 4.69) is 121 Å². The molecule has 70 heavy (non-hydrogen) atoms. The van der Waals surface area contributed by atoms with Gasteiger partial charge in [-0.1, -0.05) is 101 Å². The van der Waals surface area contributed by atoms with E-state index < -0.39 is 25.0 Å². The Hall–Kier alpha value is -6.45. The molecule has 0 fully saturated rings. The maximum absolute atomic E-state index is 13.1. The van der Waals surface area contributed by atoms with Gasteiger partial charge in [-0.2, -0.15) is 19.9 Å². The molecule has 0 aliphatic carbocycles. The molecule has 7 rings (SSSR count). The van der Waals surface area contributed by atoms with Crippen molar-refractivity contribution >= 4 is 83.1 Å². The van der Waals surface area contributed by atoms with E-state index in [0.29, 0.717) is 43.1 Å². The predicted octanol–water partition coefficient (Wildman–Crippen LogP) is 6.73. The van der Waals surface area contributed by atoms with E-state index in [-0.39, 0.29) is 73.4 Å². The number of nitrogen functional groups attached to an aromatic ring is 2. The Kier molecular flexibility index (Phi) is 20.8. The molecule has 5 heterocycles. The van der Waals surface area contributed by atoms with Gasteiger partial charge in [0, 0.05) is 22.5 Å². The number of anilines is 5. The van der Waals surface area contributed by atoms with E-state index in [0.717, 1.165) is 54.3 Å². The van der Waals surface area contributed by atoms with Gasteiger partial charge in [0.25, 0.3) is 0 Å². The van der Waals surface area contributed by atoms with Gasteiger partial charge >= 0.3 is 17.5 Å². The standard InChI is InChI=1S/C27H40N6O5Si.C19H22N6O2.CH4.B3/c1-7-37-26(34)32-17-20-14-11-13-19(16-20)12-9-8-10-15-21(18-38-39(5,6)27(2,3)4)29-25-30-23(28)22(33(35)36)24(32)31-25;20-16-15-17-24-18(23-16)21-14(11-26)8-3-1-2-5-12-6-4-7-13(9-12)10-25(17)19(27)22-15;;1-3-2/h8-9,11,13-14,16,21H,7,10,12,15,17-18H2,1-6H3,(H3,28,29,30,31);1-2,4,6-7,9,14,26H,3,5,8,10-11H2,(H,22,27)(H3,20,21,23,24);1H4;/b9-8+;2-1+;;. The number of ether oxygens (including phenoxy) is 1. The summed E-state index contributed by atoms with van der Waals surface area (Å²) in [6, 6.07) is 15.5. The number of hydrogen-bond acceptors (Lipinski definition) is 15. The number of H-pyrrole nitrogens is 1. The summed E-state index contributed by atoms with van der Waals surface area (Å²) in [6.07, 6.45) is 12.3. The third-order valence-corrected chi connectivity index (χ3v) is 16.4. The molecule has 2 atom stereocenters. The van der Waals surface area contributed by atoms with Gasteiger partial charge in [0.2, 0.25) is 23.5 Å². The van der Waals surface area contributed by atoms with Crippen LogP contribution in [0.5, 0.6) is 0 Å². The Balaban J connectivity index is 0.000000299. The summed E-state index contributed by atoms with van der Waals surface area (Å²) in [5.41, 5.74) is 16.2. The minimum Gasteiger partial charge on any atom is -0.449 e. The third-order valence-electron chi connectivity index (χ3n) is 11.9. The number of carbonyl (C=O) groups is 1. The molecule has 2 aromatic carbocycles. The molecule has 369 valence electrons. The van der Waals surface area contributed by atoms with Crippen LogP contribution in [0.3, 0.4) is 0 Å². The molecule has 23 heteroatoms. The fraction of sp³-hybridized carbons (Fsp3) is 0.447. The number of benzene rings is 2. The Bertz CT molecular complexity index is 2660. The van der Waals surface area contributed by atoms with Crippen molar-refractivity contribution in [2.45, 2.75) is 117 Å². The Morgan fingerprint density at radius 2 is 1.44 bits per heavy atom. The topological polar surface area (TPSA) is 268 Å². The molecule has 2 unspecified atom stereocenters. The van der Waals surface area contributed by atoms with Crippen molar-refractivity contribution in [3.63, 3.8) is 0 Å². The molecule has 8 bridgehead atoms. The quantitative estimate of drug-likeness (QED) is 0.0446. The molecule has 8 N–H and O–H groups in total. The number of aromatic amines is 1. The fourth-order valence-electron chi connectivity index (χ4n) is 7.22. The largest absolute Gasteiger partial charge is 0.449 e. The fourth-order valence-corrected chi connectivity index (χ4v) is 8.27. The maximum Gasteiger partial charge on any atom is 0.415 e. The number of imidazole rings is 1. The molecule has 5 radical (unpaired) electrons. The number of nitrogens with zero attached hydrogens (tertiary/aromatic N) is 7. The first-order valence-corrected chi connectivity index (χ1v) is 25.8. The van der Waals surface area contributed by atoms with E-state index in [4.69, 9.17) is 20.6 Å². The Morgan fingerprint density at radius 1 is 0.900 bits per heavy atom. The minimum atomic E-state index is -2.05. The lowest BCUT2D eigenvalue weighted by Gasteiger charge is -2.37. The van der Waals surface area contributed by atoms with Gasteiger partial charge in [0.05, 0.1) is 49.9 Å². The molecule has 3 aromatic heterocycles. The molecule has 2 aliphatic heterocycles. The lowest BCUT2D eigenvalue weighted by Crippen LogP contribution is -2.43.